The van der Waals surface area contributed by atoms with E-state index in [1.807, 2.05) is 12.1 Å². The van der Waals surface area contributed by atoms with E-state index in [-0.39, 0.29) is 28.0 Å². The third-order valence-electron chi connectivity index (χ3n) is 5.79. The molecule has 2 aromatic carbocycles. The molecule has 1 aliphatic rings. The number of hydrogen-bond donors (Lipinski definition) is 3. The Morgan fingerprint density at radius 2 is 1.86 bits per heavy atom. The topological polar surface area (TPSA) is 156 Å². The quantitative estimate of drug-likeness (QED) is 0.406. The number of carbonyl (C=O) groups is 1. The second-order valence-electron chi connectivity index (χ2n) is 8.54. The Balaban J connectivity index is 1.72. The van der Waals surface area contributed by atoms with Crippen LogP contribution in [-0.2, 0) is 23.0 Å². The molecule has 0 bridgehead atoms. The summed E-state index contributed by atoms with van der Waals surface area (Å²) in [7, 11) is 2.71. The number of aromatic nitrogens is 3. The second-order valence-corrected chi connectivity index (χ2v) is 10.7. The molecular formula is C23H28N8O4S. The van der Waals surface area contributed by atoms with E-state index >= 15 is 0 Å². The number of ether oxygens (including phenoxy) is 1. The van der Waals surface area contributed by atoms with Gasteiger partial charge in [-0.15, -0.1) is 10.2 Å². The molecule has 36 heavy (non-hydrogen) atoms. The molecule has 1 aliphatic heterocycles. The van der Waals surface area contributed by atoms with Gasteiger partial charge in [-0.25, -0.2) is 12.7 Å². The lowest BCUT2D eigenvalue weighted by Crippen LogP contribution is -2.26. The molecule has 0 aliphatic carbocycles. The summed E-state index contributed by atoms with van der Waals surface area (Å²) < 4.78 is 32.2. The third kappa shape index (κ3) is 5.08. The van der Waals surface area contributed by atoms with Gasteiger partial charge < -0.3 is 26.0 Å². The summed E-state index contributed by atoms with van der Waals surface area (Å²) in [6.07, 6.45) is 0.914. The minimum atomic E-state index is -3.79. The van der Waals surface area contributed by atoms with Crippen molar-refractivity contribution in [2.75, 3.05) is 45.4 Å². The van der Waals surface area contributed by atoms with Crippen LogP contribution in [0.4, 0.5) is 23.1 Å². The van der Waals surface area contributed by atoms with Gasteiger partial charge in [0, 0.05) is 27.2 Å². The first kappa shape index (κ1) is 25.3. The van der Waals surface area contributed by atoms with Crippen molar-refractivity contribution in [3.05, 3.63) is 53.2 Å². The summed E-state index contributed by atoms with van der Waals surface area (Å²) in [5.74, 6) is -0.236. The van der Waals surface area contributed by atoms with Crippen LogP contribution in [0.15, 0.2) is 41.3 Å². The van der Waals surface area contributed by atoms with Crippen LogP contribution in [0, 0.1) is 0 Å². The van der Waals surface area contributed by atoms with Crippen molar-refractivity contribution < 1.29 is 17.9 Å². The molecule has 2 heterocycles. The van der Waals surface area contributed by atoms with Crippen molar-refractivity contribution >= 4 is 39.1 Å². The Hall–Kier alpha value is -3.81. The van der Waals surface area contributed by atoms with E-state index in [9.17, 15) is 13.2 Å². The van der Waals surface area contributed by atoms with Crippen LogP contribution in [0.2, 0.25) is 0 Å². The normalized spacial score (nSPS) is 13.8. The van der Waals surface area contributed by atoms with E-state index in [2.05, 4.69) is 37.8 Å². The predicted octanol–water partition coefficient (Wildman–Crippen LogP) is 1.70. The molecule has 1 amide bonds. The van der Waals surface area contributed by atoms with Crippen LogP contribution in [0.3, 0.4) is 0 Å². The van der Waals surface area contributed by atoms with Gasteiger partial charge in [0.05, 0.1) is 18.5 Å². The van der Waals surface area contributed by atoms with Crippen LogP contribution >= 0.6 is 0 Å². The molecule has 190 valence electrons. The number of sulfonamides is 1. The summed E-state index contributed by atoms with van der Waals surface area (Å²) in [5, 5.41) is 13.9. The summed E-state index contributed by atoms with van der Waals surface area (Å²) in [6.45, 7) is 1.75. The Morgan fingerprint density at radius 1 is 1.11 bits per heavy atom. The van der Waals surface area contributed by atoms with E-state index in [0.717, 1.165) is 29.4 Å². The fourth-order valence-electron chi connectivity index (χ4n) is 3.87. The first-order valence-electron chi connectivity index (χ1n) is 11.1. The van der Waals surface area contributed by atoms with Gasteiger partial charge in [0.15, 0.2) is 11.5 Å². The largest absolute Gasteiger partial charge is 0.495 e. The van der Waals surface area contributed by atoms with Crippen molar-refractivity contribution in [1.82, 2.24) is 24.4 Å². The zero-order chi connectivity index (χ0) is 26.0. The van der Waals surface area contributed by atoms with Crippen molar-refractivity contribution in [2.24, 2.45) is 5.73 Å². The number of likely N-dealkylation sites (N-methyl/N-ethyl adjacent to an activating group) is 1. The number of hydrogen-bond acceptors (Lipinski definition) is 10. The highest BCUT2D eigenvalue weighted by Gasteiger charge is 2.24. The van der Waals surface area contributed by atoms with Crippen molar-refractivity contribution in [3.63, 3.8) is 0 Å². The molecule has 0 saturated carbocycles. The Kier molecular flexibility index (Phi) is 7.06. The molecule has 13 heteroatoms. The van der Waals surface area contributed by atoms with E-state index in [1.54, 1.807) is 25.3 Å². The minimum absolute atomic E-state index is 0.000909. The molecular weight excluding hydrogens is 484 g/mol. The number of carbonyl (C=O) groups excluding carboxylic acids is 1. The third-order valence-corrected chi connectivity index (χ3v) is 7.66. The monoisotopic (exact) mass is 512 g/mol. The fraction of sp³-hybridized carbons (Fsp3) is 0.304. The van der Waals surface area contributed by atoms with Gasteiger partial charge in [-0.1, -0.05) is 12.1 Å². The number of anilines is 4. The number of amides is 1. The zero-order valence-corrected chi connectivity index (χ0v) is 21.3. The first-order valence-corrected chi connectivity index (χ1v) is 12.5. The highest BCUT2D eigenvalue weighted by Crippen LogP contribution is 2.33. The van der Waals surface area contributed by atoms with Gasteiger partial charge in [-0.05, 0) is 48.9 Å². The number of benzene rings is 2. The molecule has 0 unspecified atom stereocenters. The lowest BCUT2D eigenvalue weighted by atomic mass is 9.99. The van der Waals surface area contributed by atoms with E-state index in [4.69, 9.17) is 10.5 Å². The molecule has 0 saturated heterocycles. The Morgan fingerprint density at radius 3 is 2.56 bits per heavy atom. The van der Waals surface area contributed by atoms with Crippen molar-refractivity contribution in [3.8, 4) is 5.75 Å². The molecule has 0 spiro atoms. The van der Waals surface area contributed by atoms with Crippen molar-refractivity contribution in [1.29, 1.82) is 0 Å². The Bertz CT molecular complexity index is 1410. The fourth-order valence-corrected chi connectivity index (χ4v) is 4.91. The maximum absolute atomic E-state index is 12.8. The second kappa shape index (κ2) is 10.0. The lowest BCUT2D eigenvalue weighted by Gasteiger charge is -2.26. The molecule has 0 radical (unpaired) electrons. The minimum Gasteiger partial charge on any atom is -0.495 e. The smallest absolute Gasteiger partial charge is 0.273 e. The number of para-hydroxylation sites is 1. The van der Waals surface area contributed by atoms with E-state index in [1.165, 1.54) is 25.7 Å². The van der Waals surface area contributed by atoms with Crippen LogP contribution in [-0.4, -0.2) is 73.5 Å². The van der Waals surface area contributed by atoms with Gasteiger partial charge >= 0.3 is 0 Å². The van der Waals surface area contributed by atoms with Crippen molar-refractivity contribution in [2.45, 2.75) is 17.9 Å². The highest BCUT2D eigenvalue weighted by molar-refractivity contribution is 7.89. The number of nitrogens with one attached hydrogen (secondary N) is 2. The molecule has 3 aromatic rings. The summed E-state index contributed by atoms with van der Waals surface area (Å²) in [5.41, 5.74) is 8.43. The number of nitrogens with two attached hydrogens (primary N) is 1. The van der Waals surface area contributed by atoms with Gasteiger partial charge in [0.2, 0.25) is 16.0 Å². The van der Waals surface area contributed by atoms with Gasteiger partial charge in [-0.3, -0.25) is 4.79 Å². The number of methoxy groups -OCH3 is 1. The molecule has 0 fully saturated rings. The summed E-state index contributed by atoms with van der Waals surface area (Å²) in [4.78, 5) is 18.6. The van der Waals surface area contributed by atoms with Gasteiger partial charge in [0.25, 0.3) is 5.91 Å². The standard InChI is InChI=1S/C23H28N8O4S/c1-30(2)36(33,34)19-8-6-5-7-16(19)25-22-20(21(24)32)28-29-23(27-22)26-17-11-15-13-31(3)10-9-14(15)12-18(17)35-4/h5-8,11-12H,9-10,13H2,1-4H3,(H2,24,32)(H2,25,26,27,29). The molecule has 12 nitrogen and oxygen atoms in total. The van der Waals surface area contributed by atoms with Crippen LogP contribution < -0.4 is 21.1 Å². The molecule has 4 rings (SSSR count). The van der Waals surface area contributed by atoms with E-state index in [0.29, 0.717) is 11.4 Å². The average molecular weight is 513 g/mol. The number of nitrogens with zero attached hydrogens (tertiary/aromatic N) is 5. The van der Waals surface area contributed by atoms with Crippen LogP contribution in [0.5, 0.6) is 5.75 Å². The first-order chi connectivity index (χ1) is 17.1. The van der Waals surface area contributed by atoms with Gasteiger partial charge in [0.1, 0.15) is 10.6 Å². The summed E-state index contributed by atoms with van der Waals surface area (Å²) >= 11 is 0. The maximum Gasteiger partial charge on any atom is 0.273 e. The lowest BCUT2D eigenvalue weighted by molar-refractivity contribution is 0.0995. The molecule has 4 N–H and O–H groups in total. The number of primary amides is 1. The highest BCUT2D eigenvalue weighted by atomic mass is 32.2. The molecule has 0 atom stereocenters. The maximum atomic E-state index is 12.8. The Labute approximate surface area is 209 Å². The zero-order valence-electron chi connectivity index (χ0n) is 20.4. The van der Waals surface area contributed by atoms with E-state index < -0.39 is 15.9 Å². The number of fused-ring (bicyclic) bond motifs is 1. The summed E-state index contributed by atoms with van der Waals surface area (Å²) in [6, 6.07) is 10.2. The average Bonchev–Trinajstić information content (AvgIpc) is 2.83. The SMILES string of the molecule is COc1cc2c(cc1Nc1nnc(C(N)=O)c(Nc3ccccc3S(=O)(=O)N(C)C)n1)CN(C)CC2. The molecule has 1 aromatic heterocycles. The van der Waals surface area contributed by atoms with Gasteiger partial charge in [-0.2, -0.15) is 4.98 Å². The predicted molar refractivity (Wildman–Crippen MR) is 135 cm³/mol. The van der Waals surface area contributed by atoms with Crippen LogP contribution in [0.1, 0.15) is 21.6 Å². The number of rotatable bonds is 8. The van der Waals surface area contributed by atoms with Crippen LogP contribution in [0.25, 0.3) is 0 Å².